The first-order chi connectivity index (χ1) is 9.25. The summed E-state index contributed by atoms with van der Waals surface area (Å²) in [6, 6.07) is 0. The van der Waals surface area contributed by atoms with Gasteiger partial charge in [0, 0.05) is 13.1 Å². The van der Waals surface area contributed by atoms with E-state index in [1.807, 2.05) is 0 Å². The summed E-state index contributed by atoms with van der Waals surface area (Å²) in [6.07, 6.45) is -3.53. The molecule has 0 aliphatic rings. The van der Waals surface area contributed by atoms with Crippen molar-refractivity contribution in [1.82, 2.24) is 15.6 Å². The summed E-state index contributed by atoms with van der Waals surface area (Å²) in [7, 11) is 0. The first kappa shape index (κ1) is 16.6. The minimum atomic E-state index is -4.59. The third-order valence-corrected chi connectivity index (χ3v) is 3.86. The van der Waals surface area contributed by atoms with Gasteiger partial charge in [-0.15, -0.1) is 11.3 Å². The maximum atomic E-state index is 12.4. The Labute approximate surface area is 124 Å². The third kappa shape index (κ3) is 4.60. The number of rotatable bonds is 5. The fourth-order valence-electron chi connectivity index (χ4n) is 1.08. The van der Waals surface area contributed by atoms with Crippen molar-refractivity contribution in [2.45, 2.75) is 6.18 Å². The van der Waals surface area contributed by atoms with Crippen molar-refractivity contribution in [1.29, 1.82) is 0 Å². The van der Waals surface area contributed by atoms with Gasteiger partial charge in [-0.3, -0.25) is 9.59 Å². The Morgan fingerprint density at radius 1 is 1.35 bits per heavy atom. The third-order valence-electron chi connectivity index (χ3n) is 1.93. The van der Waals surface area contributed by atoms with E-state index in [4.69, 9.17) is 0 Å². The second-order valence-corrected chi connectivity index (χ2v) is 5.14. The van der Waals surface area contributed by atoms with Gasteiger partial charge in [-0.1, -0.05) is 6.58 Å². The SMILES string of the molecule is C=CC(=O)NCCNC(=O)c1sc(C(F)(F)F)nc1Br. The lowest BCUT2D eigenvalue weighted by Gasteiger charge is -2.04. The maximum Gasteiger partial charge on any atom is 0.443 e. The van der Waals surface area contributed by atoms with E-state index < -0.39 is 23.0 Å². The maximum absolute atomic E-state index is 12.4. The van der Waals surface area contributed by atoms with E-state index >= 15 is 0 Å². The van der Waals surface area contributed by atoms with E-state index in [1.54, 1.807) is 0 Å². The van der Waals surface area contributed by atoms with Gasteiger partial charge >= 0.3 is 6.18 Å². The Hall–Kier alpha value is -1.42. The molecule has 10 heteroatoms. The van der Waals surface area contributed by atoms with E-state index in [1.165, 1.54) is 0 Å². The average molecular weight is 372 g/mol. The van der Waals surface area contributed by atoms with Gasteiger partial charge < -0.3 is 10.6 Å². The van der Waals surface area contributed by atoms with Crippen LogP contribution in [-0.2, 0) is 11.0 Å². The number of carbonyl (C=O) groups is 2. The molecule has 0 saturated heterocycles. The summed E-state index contributed by atoms with van der Waals surface area (Å²) in [5, 5.41) is 3.67. The number of nitrogens with one attached hydrogen (secondary N) is 2. The molecule has 1 aromatic rings. The largest absolute Gasteiger partial charge is 0.443 e. The lowest BCUT2D eigenvalue weighted by atomic mass is 10.4. The summed E-state index contributed by atoms with van der Waals surface area (Å²) in [4.78, 5) is 25.5. The first-order valence-electron chi connectivity index (χ1n) is 5.17. The molecule has 0 unspecified atom stereocenters. The highest BCUT2D eigenvalue weighted by Gasteiger charge is 2.36. The fourth-order valence-corrected chi connectivity index (χ4v) is 2.54. The molecule has 0 aromatic carbocycles. The van der Waals surface area contributed by atoms with Crippen molar-refractivity contribution in [2.24, 2.45) is 0 Å². The number of nitrogens with zero attached hydrogens (tertiary/aromatic N) is 1. The molecule has 0 atom stereocenters. The van der Waals surface area contributed by atoms with Gasteiger partial charge in [-0.05, 0) is 22.0 Å². The van der Waals surface area contributed by atoms with E-state index in [0.29, 0.717) is 0 Å². The Bertz CT molecular complexity index is 530. The highest BCUT2D eigenvalue weighted by atomic mass is 79.9. The molecule has 110 valence electrons. The van der Waals surface area contributed by atoms with Gasteiger partial charge in [-0.2, -0.15) is 13.2 Å². The molecular formula is C10H9BrF3N3O2S. The van der Waals surface area contributed by atoms with Crippen molar-refractivity contribution in [3.05, 3.63) is 27.1 Å². The molecule has 0 aliphatic heterocycles. The van der Waals surface area contributed by atoms with Gasteiger partial charge in [0.25, 0.3) is 5.91 Å². The van der Waals surface area contributed by atoms with Crippen LogP contribution in [0.2, 0.25) is 0 Å². The highest BCUT2D eigenvalue weighted by Crippen LogP contribution is 2.35. The van der Waals surface area contributed by atoms with Crippen molar-refractivity contribution in [3.8, 4) is 0 Å². The lowest BCUT2D eigenvalue weighted by Crippen LogP contribution is -2.33. The van der Waals surface area contributed by atoms with Crippen LogP contribution in [0.1, 0.15) is 14.7 Å². The van der Waals surface area contributed by atoms with Gasteiger partial charge in [0.15, 0.2) is 5.01 Å². The molecule has 0 spiro atoms. The standard InChI is InChI=1S/C10H9BrF3N3O2S/c1-2-5(18)15-3-4-16-8(19)6-7(11)17-9(20-6)10(12,13)14/h2H,1,3-4H2,(H,15,18)(H,16,19). The van der Waals surface area contributed by atoms with E-state index in [2.05, 4.69) is 38.1 Å². The number of aromatic nitrogens is 1. The predicted molar refractivity (Wildman–Crippen MR) is 70.4 cm³/mol. The monoisotopic (exact) mass is 371 g/mol. The lowest BCUT2D eigenvalue weighted by molar-refractivity contribution is -0.137. The van der Waals surface area contributed by atoms with Crippen LogP contribution in [0.15, 0.2) is 17.3 Å². The van der Waals surface area contributed by atoms with Crippen LogP contribution in [0.3, 0.4) is 0 Å². The van der Waals surface area contributed by atoms with Gasteiger partial charge in [0.2, 0.25) is 5.91 Å². The molecule has 1 heterocycles. The van der Waals surface area contributed by atoms with Gasteiger partial charge in [0.05, 0.1) is 0 Å². The van der Waals surface area contributed by atoms with Crippen LogP contribution in [-0.4, -0.2) is 29.9 Å². The molecule has 0 fully saturated rings. The Morgan fingerprint density at radius 3 is 2.45 bits per heavy atom. The predicted octanol–water partition coefficient (Wildman–Crippen LogP) is 1.96. The molecule has 1 rings (SSSR count). The summed E-state index contributed by atoms with van der Waals surface area (Å²) >= 11 is 3.05. The zero-order valence-electron chi connectivity index (χ0n) is 9.88. The zero-order valence-corrected chi connectivity index (χ0v) is 12.3. The molecule has 2 N–H and O–H groups in total. The second kappa shape index (κ2) is 6.84. The normalized spacial score (nSPS) is 11.0. The smallest absolute Gasteiger partial charge is 0.351 e. The van der Waals surface area contributed by atoms with Crippen molar-refractivity contribution < 1.29 is 22.8 Å². The Balaban J connectivity index is 2.58. The molecule has 0 aliphatic carbocycles. The first-order valence-corrected chi connectivity index (χ1v) is 6.78. The number of alkyl halides is 3. The summed E-state index contributed by atoms with van der Waals surface area (Å²) in [5.41, 5.74) is 0. The fraction of sp³-hybridized carbons (Fsp3) is 0.300. The number of amides is 2. The summed E-state index contributed by atoms with van der Waals surface area (Å²) in [6.45, 7) is 3.45. The van der Waals surface area contributed by atoms with Crippen LogP contribution in [0, 0.1) is 0 Å². The minimum absolute atomic E-state index is 0.0735. The number of thiazole rings is 1. The number of hydrogen-bond acceptors (Lipinski definition) is 4. The van der Waals surface area contributed by atoms with Crippen molar-refractivity contribution in [3.63, 3.8) is 0 Å². The van der Waals surface area contributed by atoms with Crippen LogP contribution in [0.4, 0.5) is 13.2 Å². The number of halogens is 4. The van der Waals surface area contributed by atoms with Crippen LogP contribution >= 0.6 is 27.3 Å². The van der Waals surface area contributed by atoms with E-state index in [9.17, 15) is 22.8 Å². The number of carbonyl (C=O) groups excluding carboxylic acids is 2. The zero-order chi connectivity index (χ0) is 15.3. The molecule has 0 saturated carbocycles. The molecule has 0 bridgehead atoms. The summed E-state index contributed by atoms with van der Waals surface area (Å²) < 4.78 is 37.1. The minimum Gasteiger partial charge on any atom is -0.351 e. The Morgan fingerprint density at radius 2 is 1.95 bits per heavy atom. The molecule has 20 heavy (non-hydrogen) atoms. The molecular weight excluding hydrogens is 363 g/mol. The average Bonchev–Trinajstić information content (AvgIpc) is 2.76. The van der Waals surface area contributed by atoms with Crippen LogP contribution < -0.4 is 10.6 Å². The van der Waals surface area contributed by atoms with E-state index in [-0.39, 0.29) is 33.9 Å². The van der Waals surface area contributed by atoms with Crippen LogP contribution in [0.5, 0.6) is 0 Å². The van der Waals surface area contributed by atoms with Gasteiger partial charge in [-0.25, -0.2) is 4.98 Å². The highest BCUT2D eigenvalue weighted by molar-refractivity contribution is 9.10. The second-order valence-electron chi connectivity index (χ2n) is 3.39. The topological polar surface area (TPSA) is 71.1 Å². The molecule has 5 nitrogen and oxygen atoms in total. The van der Waals surface area contributed by atoms with Gasteiger partial charge in [0.1, 0.15) is 9.48 Å². The van der Waals surface area contributed by atoms with Crippen molar-refractivity contribution in [2.75, 3.05) is 13.1 Å². The van der Waals surface area contributed by atoms with Crippen LogP contribution in [0.25, 0.3) is 0 Å². The number of hydrogen-bond donors (Lipinski definition) is 2. The molecule has 2 amide bonds. The Kier molecular flexibility index (Phi) is 5.69. The molecule has 0 radical (unpaired) electrons. The molecule has 1 aromatic heterocycles. The van der Waals surface area contributed by atoms with Crippen molar-refractivity contribution >= 4 is 39.1 Å². The summed E-state index contributed by atoms with van der Waals surface area (Å²) in [5.74, 6) is -1.10. The van der Waals surface area contributed by atoms with E-state index in [0.717, 1.165) is 6.08 Å². The quantitative estimate of drug-likeness (QED) is 0.613.